The van der Waals surface area contributed by atoms with E-state index < -0.39 is 0 Å². The highest BCUT2D eigenvalue weighted by Gasteiger charge is 2.29. The topological polar surface area (TPSA) is 17.1 Å². The van der Waals surface area contributed by atoms with Crippen molar-refractivity contribution < 1.29 is 4.79 Å². The lowest BCUT2D eigenvalue weighted by Gasteiger charge is -2.10. The molecule has 1 aliphatic carbocycles. The third-order valence-electron chi connectivity index (χ3n) is 3.28. The molecule has 2 atom stereocenters. The summed E-state index contributed by atoms with van der Waals surface area (Å²) in [4.78, 5) is 12.2. The van der Waals surface area contributed by atoms with Crippen LogP contribution in [-0.2, 0) is 0 Å². The van der Waals surface area contributed by atoms with Crippen molar-refractivity contribution in [3.8, 4) is 0 Å². The number of rotatable bonds is 2. The SMILES string of the molecule is CC1CCC(C(=O)c2cccc(Cl)c2Cl)C1. The van der Waals surface area contributed by atoms with Gasteiger partial charge in [0.25, 0.3) is 0 Å². The Morgan fingerprint density at radius 1 is 1.31 bits per heavy atom. The van der Waals surface area contributed by atoms with Crippen LogP contribution in [0.1, 0.15) is 36.5 Å². The van der Waals surface area contributed by atoms with Gasteiger partial charge >= 0.3 is 0 Å². The molecule has 1 nitrogen and oxygen atoms in total. The van der Waals surface area contributed by atoms with E-state index in [4.69, 9.17) is 23.2 Å². The first-order valence-electron chi connectivity index (χ1n) is 5.58. The Morgan fingerprint density at radius 2 is 2.06 bits per heavy atom. The van der Waals surface area contributed by atoms with Gasteiger partial charge in [0, 0.05) is 11.5 Å². The van der Waals surface area contributed by atoms with Crippen molar-refractivity contribution in [1.29, 1.82) is 0 Å². The van der Waals surface area contributed by atoms with Crippen LogP contribution in [0.15, 0.2) is 18.2 Å². The predicted molar refractivity (Wildman–Crippen MR) is 67.3 cm³/mol. The summed E-state index contributed by atoms with van der Waals surface area (Å²) in [6.07, 6.45) is 3.08. The van der Waals surface area contributed by atoms with Crippen LogP contribution in [0, 0.1) is 11.8 Å². The quantitative estimate of drug-likeness (QED) is 0.707. The molecular weight excluding hydrogens is 243 g/mol. The lowest BCUT2D eigenvalue weighted by molar-refractivity contribution is 0.0920. The summed E-state index contributed by atoms with van der Waals surface area (Å²) in [6.45, 7) is 2.19. The fraction of sp³-hybridized carbons (Fsp3) is 0.462. The van der Waals surface area contributed by atoms with E-state index in [0.29, 0.717) is 21.5 Å². The lowest BCUT2D eigenvalue weighted by Crippen LogP contribution is -2.12. The molecule has 2 unspecified atom stereocenters. The summed E-state index contributed by atoms with van der Waals surface area (Å²) >= 11 is 12.0. The third kappa shape index (κ3) is 2.26. The molecule has 0 amide bonds. The Bertz CT molecular complexity index is 414. The second-order valence-electron chi connectivity index (χ2n) is 4.58. The number of halogens is 2. The van der Waals surface area contributed by atoms with Crippen molar-refractivity contribution in [2.24, 2.45) is 11.8 Å². The average molecular weight is 257 g/mol. The van der Waals surface area contributed by atoms with Crippen LogP contribution in [-0.4, -0.2) is 5.78 Å². The van der Waals surface area contributed by atoms with Crippen LogP contribution in [0.4, 0.5) is 0 Å². The maximum Gasteiger partial charge on any atom is 0.167 e. The van der Waals surface area contributed by atoms with E-state index in [2.05, 4.69) is 6.92 Å². The normalized spacial score (nSPS) is 24.7. The van der Waals surface area contributed by atoms with Gasteiger partial charge in [-0.25, -0.2) is 0 Å². The molecule has 0 aromatic heterocycles. The predicted octanol–water partition coefficient (Wildman–Crippen LogP) is 4.61. The Morgan fingerprint density at radius 3 is 2.69 bits per heavy atom. The average Bonchev–Trinajstić information content (AvgIpc) is 2.68. The van der Waals surface area contributed by atoms with Crippen molar-refractivity contribution in [2.45, 2.75) is 26.2 Å². The van der Waals surface area contributed by atoms with Crippen LogP contribution in [0.5, 0.6) is 0 Å². The van der Waals surface area contributed by atoms with Gasteiger partial charge in [0.2, 0.25) is 0 Å². The summed E-state index contributed by atoms with van der Waals surface area (Å²) in [6, 6.07) is 5.25. The third-order valence-corrected chi connectivity index (χ3v) is 4.10. The van der Waals surface area contributed by atoms with Crippen molar-refractivity contribution >= 4 is 29.0 Å². The highest BCUT2D eigenvalue weighted by atomic mass is 35.5. The van der Waals surface area contributed by atoms with Crippen LogP contribution < -0.4 is 0 Å². The zero-order chi connectivity index (χ0) is 11.7. The fourth-order valence-corrected chi connectivity index (χ4v) is 2.75. The zero-order valence-corrected chi connectivity index (χ0v) is 10.7. The molecule has 2 rings (SSSR count). The zero-order valence-electron chi connectivity index (χ0n) is 9.17. The summed E-state index contributed by atoms with van der Waals surface area (Å²) in [5, 5.41) is 0.854. The van der Waals surface area contributed by atoms with E-state index in [-0.39, 0.29) is 11.7 Å². The smallest absolute Gasteiger partial charge is 0.167 e. The van der Waals surface area contributed by atoms with E-state index in [1.807, 2.05) is 0 Å². The molecule has 0 bridgehead atoms. The van der Waals surface area contributed by atoms with Gasteiger partial charge < -0.3 is 0 Å². The van der Waals surface area contributed by atoms with E-state index in [0.717, 1.165) is 19.3 Å². The van der Waals surface area contributed by atoms with Crippen LogP contribution in [0.25, 0.3) is 0 Å². The molecule has 0 aliphatic heterocycles. The maximum absolute atomic E-state index is 12.2. The number of hydrogen-bond donors (Lipinski definition) is 0. The number of carbonyl (C=O) groups excluding carboxylic acids is 1. The van der Waals surface area contributed by atoms with Gasteiger partial charge in [0.05, 0.1) is 10.0 Å². The molecule has 0 radical (unpaired) electrons. The summed E-state index contributed by atoms with van der Waals surface area (Å²) in [5.41, 5.74) is 0.577. The highest BCUT2D eigenvalue weighted by Crippen LogP contribution is 2.35. The molecule has 0 N–H and O–H groups in total. The minimum atomic E-state index is 0.131. The molecule has 0 heterocycles. The van der Waals surface area contributed by atoms with Crippen LogP contribution >= 0.6 is 23.2 Å². The number of carbonyl (C=O) groups is 1. The molecule has 1 fully saturated rings. The number of Topliss-reactive ketones (excluding diaryl/α,β-unsaturated/α-hetero) is 1. The Hall–Kier alpha value is -0.530. The molecule has 1 aromatic rings. The van der Waals surface area contributed by atoms with Crippen molar-refractivity contribution in [3.63, 3.8) is 0 Å². The summed E-state index contributed by atoms with van der Waals surface area (Å²) in [5.74, 6) is 0.926. The van der Waals surface area contributed by atoms with E-state index >= 15 is 0 Å². The van der Waals surface area contributed by atoms with E-state index in [1.54, 1.807) is 18.2 Å². The van der Waals surface area contributed by atoms with Gasteiger partial charge in [-0.2, -0.15) is 0 Å². The number of benzene rings is 1. The second-order valence-corrected chi connectivity index (χ2v) is 5.37. The molecule has 3 heteroatoms. The van der Waals surface area contributed by atoms with Crippen molar-refractivity contribution in [2.75, 3.05) is 0 Å². The Labute approximate surface area is 106 Å². The Balaban J connectivity index is 2.24. The second kappa shape index (κ2) is 4.77. The van der Waals surface area contributed by atoms with Crippen LogP contribution in [0.2, 0.25) is 10.0 Å². The Kier molecular flexibility index (Phi) is 3.56. The monoisotopic (exact) mass is 256 g/mol. The van der Waals surface area contributed by atoms with Gasteiger partial charge in [0.15, 0.2) is 5.78 Å². The first kappa shape index (κ1) is 11.9. The van der Waals surface area contributed by atoms with Crippen LogP contribution in [0.3, 0.4) is 0 Å². The largest absolute Gasteiger partial charge is 0.294 e. The lowest BCUT2D eigenvalue weighted by atomic mass is 9.95. The molecule has 1 aromatic carbocycles. The standard InChI is InChI=1S/C13H14Cl2O/c1-8-5-6-9(7-8)13(16)10-3-2-4-11(14)12(10)15/h2-4,8-9H,5-7H2,1H3. The fourth-order valence-electron chi connectivity index (χ4n) is 2.36. The van der Waals surface area contributed by atoms with Gasteiger partial charge in [-0.15, -0.1) is 0 Å². The van der Waals surface area contributed by atoms with Gasteiger partial charge in [-0.3, -0.25) is 4.79 Å². The molecule has 1 aliphatic rings. The molecule has 86 valence electrons. The summed E-state index contributed by atoms with van der Waals surface area (Å²) in [7, 11) is 0. The van der Waals surface area contributed by atoms with Crippen molar-refractivity contribution in [3.05, 3.63) is 33.8 Å². The molecule has 1 saturated carbocycles. The molecular formula is C13H14Cl2O. The number of hydrogen-bond acceptors (Lipinski definition) is 1. The first-order valence-corrected chi connectivity index (χ1v) is 6.33. The summed E-state index contributed by atoms with van der Waals surface area (Å²) < 4.78 is 0. The van der Waals surface area contributed by atoms with Gasteiger partial charge in [-0.1, -0.05) is 36.2 Å². The highest BCUT2D eigenvalue weighted by molar-refractivity contribution is 6.43. The molecule has 0 saturated heterocycles. The molecule has 16 heavy (non-hydrogen) atoms. The minimum absolute atomic E-state index is 0.131. The van der Waals surface area contributed by atoms with Crippen molar-refractivity contribution in [1.82, 2.24) is 0 Å². The number of ketones is 1. The first-order chi connectivity index (χ1) is 7.59. The van der Waals surface area contributed by atoms with Gasteiger partial charge in [-0.05, 0) is 37.3 Å². The van der Waals surface area contributed by atoms with E-state index in [9.17, 15) is 4.79 Å². The van der Waals surface area contributed by atoms with E-state index in [1.165, 1.54) is 0 Å². The molecule has 0 spiro atoms. The van der Waals surface area contributed by atoms with Gasteiger partial charge in [0.1, 0.15) is 0 Å². The minimum Gasteiger partial charge on any atom is -0.294 e. The maximum atomic E-state index is 12.2.